The SMILES string of the molecule is C=CCc1ccnc(N2CC(C)(C)N(C)C2=O)n1. The maximum Gasteiger partial charge on any atom is 0.327 e. The van der Waals surface area contributed by atoms with Crippen molar-refractivity contribution in [3.05, 3.63) is 30.6 Å². The topological polar surface area (TPSA) is 49.3 Å². The van der Waals surface area contributed by atoms with Crippen LogP contribution in [0.2, 0.25) is 0 Å². The van der Waals surface area contributed by atoms with Crippen LogP contribution in [0.4, 0.5) is 10.7 Å². The number of hydrogen-bond donors (Lipinski definition) is 0. The Morgan fingerprint density at radius 1 is 1.56 bits per heavy atom. The van der Waals surface area contributed by atoms with E-state index in [0.29, 0.717) is 18.9 Å². The molecule has 0 unspecified atom stereocenters. The third-order valence-electron chi connectivity index (χ3n) is 3.27. The number of rotatable bonds is 3. The maximum atomic E-state index is 12.1. The number of anilines is 1. The maximum absolute atomic E-state index is 12.1. The highest BCUT2D eigenvalue weighted by Gasteiger charge is 2.42. The van der Waals surface area contributed by atoms with Gasteiger partial charge in [0, 0.05) is 25.4 Å². The molecule has 2 heterocycles. The van der Waals surface area contributed by atoms with E-state index in [2.05, 4.69) is 16.5 Å². The molecule has 0 radical (unpaired) electrons. The normalized spacial score (nSPS) is 18.3. The third kappa shape index (κ3) is 2.08. The Balaban J connectivity index is 2.30. The van der Waals surface area contributed by atoms with Crippen molar-refractivity contribution in [1.82, 2.24) is 14.9 Å². The van der Waals surface area contributed by atoms with Gasteiger partial charge in [0.05, 0.1) is 12.1 Å². The van der Waals surface area contributed by atoms with E-state index in [9.17, 15) is 4.79 Å². The van der Waals surface area contributed by atoms with Crippen LogP contribution in [0.1, 0.15) is 19.5 Å². The highest BCUT2D eigenvalue weighted by Crippen LogP contribution is 2.26. The van der Waals surface area contributed by atoms with Gasteiger partial charge in [-0.3, -0.25) is 4.90 Å². The van der Waals surface area contributed by atoms with E-state index in [4.69, 9.17) is 0 Å². The van der Waals surface area contributed by atoms with E-state index in [1.54, 1.807) is 29.1 Å². The fourth-order valence-electron chi connectivity index (χ4n) is 1.93. The Morgan fingerprint density at radius 3 is 2.83 bits per heavy atom. The first kappa shape index (κ1) is 12.5. The lowest BCUT2D eigenvalue weighted by Crippen LogP contribution is -2.38. The molecule has 2 rings (SSSR count). The molecule has 1 aromatic rings. The van der Waals surface area contributed by atoms with Gasteiger partial charge >= 0.3 is 6.03 Å². The quantitative estimate of drug-likeness (QED) is 0.765. The lowest BCUT2D eigenvalue weighted by molar-refractivity contribution is 0.198. The summed E-state index contributed by atoms with van der Waals surface area (Å²) in [6.45, 7) is 8.33. The van der Waals surface area contributed by atoms with Gasteiger partial charge in [-0.15, -0.1) is 6.58 Å². The van der Waals surface area contributed by atoms with Crippen LogP contribution in [0, 0.1) is 0 Å². The second-order valence-electron chi connectivity index (χ2n) is 5.08. The summed E-state index contributed by atoms with van der Waals surface area (Å²) in [6.07, 6.45) is 4.14. The first-order chi connectivity index (χ1) is 8.45. The predicted molar refractivity (Wildman–Crippen MR) is 70.5 cm³/mol. The molecule has 1 aliphatic rings. The van der Waals surface area contributed by atoms with Crippen molar-refractivity contribution in [1.29, 1.82) is 0 Å². The Morgan fingerprint density at radius 2 is 2.28 bits per heavy atom. The molecule has 0 aromatic carbocycles. The summed E-state index contributed by atoms with van der Waals surface area (Å²) in [6, 6.07) is 1.77. The van der Waals surface area contributed by atoms with Crippen LogP contribution in [-0.4, -0.2) is 40.0 Å². The molecular formula is C13H18N4O. The number of carbonyl (C=O) groups is 1. The van der Waals surface area contributed by atoms with Gasteiger partial charge in [-0.1, -0.05) is 6.08 Å². The number of allylic oxidation sites excluding steroid dienone is 1. The average molecular weight is 246 g/mol. The van der Waals surface area contributed by atoms with Gasteiger partial charge in [0.25, 0.3) is 0 Å². The zero-order valence-electron chi connectivity index (χ0n) is 11.1. The summed E-state index contributed by atoms with van der Waals surface area (Å²) < 4.78 is 0. The second kappa shape index (κ2) is 4.40. The van der Waals surface area contributed by atoms with Gasteiger partial charge in [0.2, 0.25) is 5.95 Å². The van der Waals surface area contributed by atoms with Gasteiger partial charge in [-0.25, -0.2) is 14.8 Å². The molecule has 0 spiro atoms. The molecule has 5 heteroatoms. The van der Waals surface area contributed by atoms with E-state index in [1.807, 2.05) is 19.9 Å². The minimum Gasteiger partial charge on any atom is -0.320 e. The molecule has 1 aromatic heterocycles. The first-order valence-electron chi connectivity index (χ1n) is 5.94. The van der Waals surface area contributed by atoms with Gasteiger partial charge in [-0.05, 0) is 19.9 Å². The van der Waals surface area contributed by atoms with Crippen molar-refractivity contribution in [2.75, 3.05) is 18.5 Å². The molecule has 2 amide bonds. The summed E-state index contributed by atoms with van der Waals surface area (Å²) in [5.41, 5.74) is 0.671. The Kier molecular flexibility index (Phi) is 3.07. The highest BCUT2D eigenvalue weighted by atomic mass is 16.2. The van der Waals surface area contributed by atoms with Crippen molar-refractivity contribution >= 4 is 12.0 Å². The fraction of sp³-hybridized carbons (Fsp3) is 0.462. The Hall–Kier alpha value is -1.91. The molecule has 5 nitrogen and oxygen atoms in total. The number of hydrogen-bond acceptors (Lipinski definition) is 3. The van der Waals surface area contributed by atoms with Gasteiger partial charge in [-0.2, -0.15) is 0 Å². The van der Waals surface area contributed by atoms with Crippen LogP contribution in [-0.2, 0) is 6.42 Å². The summed E-state index contributed by atoms with van der Waals surface area (Å²) in [7, 11) is 1.80. The number of aromatic nitrogens is 2. The van der Waals surface area contributed by atoms with E-state index >= 15 is 0 Å². The minimum absolute atomic E-state index is 0.0595. The monoisotopic (exact) mass is 246 g/mol. The van der Waals surface area contributed by atoms with Crippen LogP contribution in [0.3, 0.4) is 0 Å². The zero-order valence-corrected chi connectivity index (χ0v) is 11.1. The number of urea groups is 1. The minimum atomic E-state index is -0.200. The van der Waals surface area contributed by atoms with E-state index < -0.39 is 0 Å². The van der Waals surface area contributed by atoms with Gasteiger partial charge in [0.1, 0.15) is 0 Å². The number of nitrogens with zero attached hydrogens (tertiary/aromatic N) is 4. The number of carbonyl (C=O) groups excluding carboxylic acids is 1. The average Bonchev–Trinajstić information content (AvgIpc) is 2.54. The first-order valence-corrected chi connectivity index (χ1v) is 5.94. The number of amides is 2. The lowest BCUT2D eigenvalue weighted by atomic mass is 10.1. The summed E-state index contributed by atoms with van der Waals surface area (Å²) in [5, 5.41) is 0. The van der Waals surface area contributed by atoms with Crippen molar-refractivity contribution < 1.29 is 4.79 Å². The molecule has 0 bridgehead atoms. The molecule has 1 saturated heterocycles. The van der Waals surface area contributed by atoms with Gasteiger partial charge < -0.3 is 4.90 Å². The van der Waals surface area contributed by atoms with Crippen LogP contribution in [0.25, 0.3) is 0 Å². The van der Waals surface area contributed by atoms with E-state index in [-0.39, 0.29) is 11.6 Å². The van der Waals surface area contributed by atoms with Crippen molar-refractivity contribution in [3.63, 3.8) is 0 Å². The molecule has 1 fully saturated rings. The molecule has 96 valence electrons. The van der Waals surface area contributed by atoms with Crippen molar-refractivity contribution in [2.45, 2.75) is 25.8 Å². The van der Waals surface area contributed by atoms with Crippen LogP contribution < -0.4 is 4.90 Å². The lowest BCUT2D eigenvalue weighted by Gasteiger charge is -2.24. The van der Waals surface area contributed by atoms with Gasteiger partial charge in [0.15, 0.2) is 0 Å². The second-order valence-corrected chi connectivity index (χ2v) is 5.08. The third-order valence-corrected chi connectivity index (χ3v) is 3.27. The predicted octanol–water partition coefficient (Wildman–Crippen LogP) is 1.86. The smallest absolute Gasteiger partial charge is 0.320 e. The van der Waals surface area contributed by atoms with E-state index in [0.717, 1.165) is 5.69 Å². The molecule has 0 N–H and O–H groups in total. The fourth-order valence-corrected chi connectivity index (χ4v) is 1.93. The van der Waals surface area contributed by atoms with Crippen LogP contribution in [0.15, 0.2) is 24.9 Å². The molecule has 0 aliphatic carbocycles. The molecule has 1 aliphatic heterocycles. The van der Waals surface area contributed by atoms with Crippen molar-refractivity contribution in [2.24, 2.45) is 0 Å². The summed E-state index contributed by atoms with van der Waals surface area (Å²) in [5.74, 6) is 0.469. The summed E-state index contributed by atoms with van der Waals surface area (Å²) in [4.78, 5) is 24.1. The number of likely N-dealkylation sites (N-methyl/N-ethyl adjacent to an activating group) is 1. The Labute approximate surface area is 107 Å². The Bertz CT molecular complexity index is 484. The van der Waals surface area contributed by atoms with E-state index in [1.165, 1.54) is 0 Å². The summed E-state index contributed by atoms with van der Waals surface area (Å²) >= 11 is 0. The molecule has 18 heavy (non-hydrogen) atoms. The molecule has 0 saturated carbocycles. The molecule has 0 atom stereocenters. The largest absolute Gasteiger partial charge is 0.327 e. The molecular weight excluding hydrogens is 228 g/mol. The highest BCUT2D eigenvalue weighted by molar-refractivity contribution is 5.93. The van der Waals surface area contributed by atoms with Crippen LogP contribution in [0.5, 0.6) is 0 Å². The van der Waals surface area contributed by atoms with Crippen LogP contribution >= 0.6 is 0 Å². The van der Waals surface area contributed by atoms with Crippen molar-refractivity contribution in [3.8, 4) is 0 Å². The zero-order chi connectivity index (χ0) is 13.3. The standard InChI is InChI=1S/C13H18N4O/c1-5-6-10-7-8-14-11(15-10)17-9-13(2,3)16(4)12(17)18/h5,7-8H,1,6,9H2,2-4H3.